The minimum atomic E-state index is -0.413. The van der Waals surface area contributed by atoms with Gasteiger partial charge in [0.1, 0.15) is 19.0 Å². The number of benzene rings is 3. The van der Waals surface area contributed by atoms with Gasteiger partial charge in [-0.2, -0.15) is 15.2 Å². The lowest BCUT2D eigenvalue weighted by Gasteiger charge is -2.42. The molecule has 0 radical (unpaired) electrons. The predicted molar refractivity (Wildman–Crippen MR) is 184 cm³/mol. The van der Waals surface area contributed by atoms with Gasteiger partial charge in [-0.15, -0.1) is 0 Å². The molecular formula is C38H37N7O3. The van der Waals surface area contributed by atoms with Crippen molar-refractivity contribution >= 4 is 28.4 Å². The number of ether oxygens (including phenoxy) is 2. The van der Waals surface area contributed by atoms with Crippen LogP contribution in [-0.4, -0.2) is 58.2 Å². The molecule has 1 atom stereocenters. The van der Waals surface area contributed by atoms with E-state index in [2.05, 4.69) is 64.2 Å². The van der Waals surface area contributed by atoms with Crippen LogP contribution in [0.4, 0.5) is 16.3 Å². The lowest BCUT2D eigenvalue weighted by molar-refractivity contribution is 0.0767. The molecule has 0 saturated carbocycles. The van der Waals surface area contributed by atoms with Crippen molar-refractivity contribution in [3.05, 3.63) is 119 Å². The first kappa shape index (κ1) is 30.9. The standard InChI is InChI=1S/C38H37N7O3/c1-27-9-7-12-29-13-8-15-34(35(27)29)43-20-17-32-33(24-43)41-37(47-26-30-14-5-6-19-40-30)42-36(32)44-21-22-45(31(23-44)16-18-39)38(46)48-25-28-10-3-2-4-11-28/h2-15,19,31H,16-17,20-26H2,1H3/t31-/m0/s1. The number of pyridine rings is 1. The number of carbonyl (C=O) groups is 1. The number of anilines is 2. The molecule has 5 aromatic rings. The smallest absolute Gasteiger partial charge is 0.410 e. The maximum Gasteiger partial charge on any atom is 0.410 e. The van der Waals surface area contributed by atoms with E-state index >= 15 is 0 Å². The molecular weight excluding hydrogens is 602 g/mol. The second kappa shape index (κ2) is 14.0. The molecule has 7 rings (SSSR count). The van der Waals surface area contributed by atoms with Crippen LogP contribution in [0.5, 0.6) is 6.01 Å². The Morgan fingerprint density at radius 1 is 0.917 bits per heavy atom. The van der Waals surface area contributed by atoms with Gasteiger partial charge in [0.25, 0.3) is 0 Å². The van der Waals surface area contributed by atoms with Crippen molar-refractivity contribution < 1.29 is 14.3 Å². The normalized spacial score (nSPS) is 15.9. The molecule has 0 bridgehead atoms. The third-order valence-corrected chi connectivity index (χ3v) is 9.08. The second-order valence-corrected chi connectivity index (χ2v) is 12.2. The van der Waals surface area contributed by atoms with E-state index in [9.17, 15) is 10.1 Å². The third kappa shape index (κ3) is 6.58. The Bertz CT molecular complexity index is 1940. The number of hydrogen-bond acceptors (Lipinski definition) is 9. The average Bonchev–Trinajstić information content (AvgIpc) is 3.13. The molecule has 1 amide bonds. The minimum Gasteiger partial charge on any atom is -0.457 e. The number of amides is 1. The molecule has 2 aliphatic heterocycles. The predicted octanol–water partition coefficient (Wildman–Crippen LogP) is 6.22. The van der Waals surface area contributed by atoms with Crippen molar-refractivity contribution in [2.75, 3.05) is 36.0 Å². The maximum absolute atomic E-state index is 13.2. The zero-order chi connectivity index (χ0) is 32.9. The fourth-order valence-electron chi connectivity index (χ4n) is 6.68. The number of hydrogen-bond donors (Lipinski definition) is 0. The Morgan fingerprint density at radius 3 is 2.56 bits per heavy atom. The van der Waals surface area contributed by atoms with Crippen LogP contribution in [-0.2, 0) is 30.9 Å². The Kier molecular flexibility index (Phi) is 9.01. The monoisotopic (exact) mass is 639 g/mol. The highest BCUT2D eigenvalue weighted by molar-refractivity contribution is 5.97. The van der Waals surface area contributed by atoms with Gasteiger partial charge in [0, 0.05) is 49.0 Å². The second-order valence-electron chi connectivity index (χ2n) is 12.2. The number of nitriles is 1. The summed E-state index contributed by atoms with van der Waals surface area (Å²) in [6, 6.07) is 30.4. The molecule has 1 saturated heterocycles. The van der Waals surface area contributed by atoms with Gasteiger partial charge in [0.2, 0.25) is 0 Å². The van der Waals surface area contributed by atoms with Gasteiger partial charge in [0.15, 0.2) is 0 Å². The lowest BCUT2D eigenvalue weighted by Crippen LogP contribution is -2.55. The molecule has 0 spiro atoms. The number of aryl methyl sites for hydroxylation is 1. The van der Waals surface area contributed by atoms with Crippen LogP contribution in [0.25, 0.3) is 10.8 Å². The molecule has 10 heteroatoms. The fraction of sp³-hybridized carbons (Fsp3) is 0.289. The van der Waals surface area contributed by atoms with Gasteiger partial charge >= 0.3 is 12.1 Å². The molecule has 2 aromatic heterocycles. The van der Waals surface area contributed by atoms with Crippen LogP contribution < -0.4 is 14.5 Å². The highest BCUT2D eigenvalue weighted by atomic mass is 16.6. The largest absolute Gasteiger partial charge is 0.457 e. The Morgan fingerprint density at radius 2 is 1.75 bits per heavy atom. The molecule has 4 heterocycles. The van der Waals surface area contributed by atoms with Crippen molar-refractivity contribution in [2.24, 2.45) is 0 Å². The molecule has 0 unspecified atom stereocenters. The summed E-state index contributed by atoms with van der Waals surface area (Å²) in [5, 5.41) is 12.2. The maximum atomic E-state index is 13.2. The number of piperazine rings is 1. The first-order valence-electron chi connectivity index (χ1n) is 16.3. The number of carbonyl (C=O) groups excluding carboxylic acids is 1. The Hall–Kier alpha value is -5.69. The molecule has 10 nitrogen and oxygen atoms in total. The number of aromatic nitrogens is 3. The summed E-state index contributed by atoms with van der Waals surface area (Å²) < 4.78 is 11.8. The van der Waals surface area contributed by atoms with Gasteiger partial charge in [-0.1, -0.05) is 66.7 Å². The van der Waals surface area contributed by atoms with E-state index in [-0.39, 0.29) is 31.7 Å². The topological polar surface area (TPSA) is 108 Å². The van der Waals surface area contributed by atoms with Gasteiger partial charge < -0.3 is 24.2 Å². The van der Waals surface area contributed by atoms with E-state index in [0.29, 0.717) is 26.2 Å². The molecule has 3 aromatic carbocycles. The molecule has 1 fully saturated rings. The van der Waals surface area contributed by atoms with E-state index in [1.165, 1.54) is 22.0 Å². The summed E-state index contributed by atoms with van der Waals surface area (Å²) in [4.78, 5) is 33.7. The summed E-state index contributed by atoms with van der Waals surface area (Å²) in [7, 11) is 0. The molecule has 2 aliphatic rings. The third-order valence-electron chi connectivity index (χ3n) is 9.08. The van der Waals surface area contributed by atoms with Gasteiger partial charge in [-0.3, -0.25) is 4.98 Å². The van der Waals surface area contributed by atoms with Crippen molar-refractivity contribution in [2.45, 2.75) is 45.6 Å². The Labute approximate surface area is 280 Å². The summed E-state index contributed by atoms with van der Waals surface area (Å²) >= 11 is 0. The van der Waals surface area contributed by atoms with Gasteiger partial charge in [-0.25, -0.2) is 4.79 Å². The molecule has 0 N–H and O–H groups in total. The SMILES string of the molecule is Cc1cccc2cccc(N3CCc4c(nc(OCc5ccccn5)nc4N4CCN(C(=O)OCc5ccccc5)[C@@H](CC#N)C4)C3)c12. The van der Waals surface area contributed by atoms with Crippen molar-refractivity contribution in [1.29, 1.82) is 5.26 Å². The van der Waals surface area contributed by atoms with Crippen LogP contribution in [0.2, 0.25) is 0 Å². The highest BCUT2D eigenvalue weighted by Gasteiger charge is 2.35. The van der Waals surface area contributed by atoms with E-state index in [1.54, 1.807) is 11.1 Å². The summed E-state index contributed by atoms with van der Waals surface area (Å²) in [5.74, 6) is 0.796. The van der Waals surface area contributed by atoms with E-state index in [1.807, 2.05) is 48.5 Å². The fourth-order valence-corrected chi connectivity index (χ4v) is 6.68. The molecule has 242 valence electrons. The number of nitrogens with zero attached hydrogens (tertiary/aromatic N) is 7. The summed E-state index contributed by atoms with van der Waals surface area (Å²) in [6.07, 6.45) is 2.25. The zero-order valence-electron chi connectivity index (χ0n) is 27.0. The van der Waals surface area contributed by atoms with E-state index in [0.717, 1.165) is 41.3 Å². The zero-order valence-corrected chi connectivity index (χ0v) is 27.0. The highest BCUT2D eigenvalue weighted by Crippen LogP contribution is 2.36. The van der Waals surface area contributed by atoms with Crippen molar-refractivity contribution in [3.63, 3.8) is 0 Å². The van der Waals surface area contributed by atoms with Crippen molar-refractivity contribution in [1.82, 2.24) is 19.9 Å². The molecule has 48 heavy (non-hydrogen) atoms. The van der Waals surface area contributed by atoms with Gasteiger partial charge in [0.05, 0.1) is 36.5 Å². The van der Waals surface area contributed by atoms with Crippen LogP contribution in [0.15, 0.2) is 91.1 Å². The van der Waals surface area contributed by atoms with Crippen LogP contribution in [0.1, 0.15) is 34.5 Å². The van der Waals surface area contributed by atoms with Crippen LogP contribution >= 0.6 is 0 Å². The molecule has 0 aliphatic carbocycles. The van der Waals surface area contributed by atoms with E-state index < -0.39 is 6.09 Å². The Balaban J connectivity index is 1.17. The number of rotatable bonds is 8. The first-order valence-corrected chi connectivity index (χ1v) is 16.3. The van der Waals surface area contributed by atoms with Crippen LogP contribution in [0.3, 0.4) is 0 Å². The lowest BCUT2D eigenvalue weighted by atomic mass is 9.99. The minimum absolute atomic E-state index is 0.182. The number of fused-ring (bicyclic) bond motifs is 2. The van der Waals surface area contributed by atoms with Crippen LogP contribution in [0, 0.1) is 18.3 Å². The quantitative estimate of drug-likeness (QED) is 0.196. The van der Waals surface area contributed by atoms with Crippen molar-refractivity contribution in [3.8, 4) is 12.1 Å². The first-order chi connectivity index (χ1) is 23.6. The summed E-state index contributed by atoms with van der Waals surface area (Å²) in [5.41, 5.74) is 6.10. The summed E-state index contributed by atoms with van der Waals surface area (Å²) in [6.45, 7) is 5.38. The van der Waals surface area contributed by atoms with E-state index in [4.69, 9.17) is 19.4 Å². The average molecular weight is 640 g/mol. The van der Waals surface area contributed by atoms with Gasteiger partial charge in [-0.05, 0) is 48.1 Å².